The van der Waals surface area contributed by atoms with E-state index in [4.69, 9.17) is 0 Å². The summed E-state index contributed by atoms with van der Waals surface area (Å²) in [5.41, 5.74) is 0.828. The summed E-state index contributed by atoms with van der Waals surface area (Å²) in [5.74, 6) is -0.291. The molecule has 1 saturated carbocycles. The summed E-state index contributed by atoms with van der Waals surface area (Å²) in [7, 11) is 0. The Morgan fingerprint density at radius 2 is 2.21 bits per heavy atom. The molecule has 1 aromatic heterocycles. The maximum Gasteiger partial charge on any atom is 0.312 e. The lowest BCUT2D eigenvalue weighted by Crippen LogP contribution is -2.32. The minimum atomic E-state index is -0.728. The zero-order chi connectivity index (χ0) is 13.6. The third-order valence-electron chi connectivity index (χ3n) is 4.03. The highest BCUT2D eigenvalue weighted by atomic mass is 32.1. The van der Waals surface area contributed by atoms with Crippen molar-refractivity contribution >= 4 is 22.4 Å². The van der Waals surface area contributed by atoms with Gasteiger partial charge in [-0.25, -0.2) is 4.98 Å². The maximum atomic E-state index is 11.2. The number of nitrogens with zero attached hydrogens (tertiary/aromatic N) is 2. The molecule has 0 aromatic carbocycles. The highest BCUT2D eigenvalue weighted by Crippen LogP contribution is 2.41. The molecule has 0 bridgehead atoms. The number of aliphatic carboxylic acids is 1. The number of thiazole rings is 1. The van der Waals surface area contributed by atoms with Gasteiger partial charge in [0.1, 0.15) is 5.92 Å². The molecule has 0 aliphatic heterocycles. The van der Waals surface area contributed by atoms with E-state index in [0.29, 0.717) is 12.5 Å². The lowest BCUT2D eigenvalue weighted by atomic mass is 10.1. The van der Waals surface area contributed by atoms with Gasteiger partial charge in [0.25, 0.3) is 0 Å². The second-order valence-electron chi connectivity index (χ2n) is 5.92. The Balaban J connectivity index is 1.84. The van der Waals surface area contributed by atoms with E-state index >= 15 is 0 Å². The van der Waals surface area contributed by atoms with Gasteiger partial charge >= 0.3 is 5.97 Å². The van der Waals surface area contributed by atoms with Crippen LogP contribution in [0.4, 0.5) is 5.13 Å². The summed E-state index contributed by atoms with van der Waals surface area (Å²) in [6, 6.07) is 0.426. The highest BCUT2D eigenvalue weighted by molar-refractivity contribution is 7.15. The van der Waals surface area contributed by atoms with Crippen LogP contribution < -0.4 is 4.90 Å². The minimum absolute atomic E-state index is 0.380. The molecular formula is C14H20N2O2S. The van der Waals surface area contributed by atoms with Gasteiger partial charge in [-0.15, -0.1) is 11.3 Å². The first-order valence-electron chi connectivity index (χ1n) is 7.05. The Labute approximate surface area is 117 Å². The molecule has 0 amide bonds. The van der Waals surface area contributed by atoms with E-state index in [-0.39, 0.29) is 5.92 Å². The van der Waals surface area contributed by atoms with Gasteiger partial charge in [0.2, 0.25) is 0 Å². The van der Waals surface area contributed by atoms with Crippen LogP contribution in [-0.2, 0) is 11.2 Å². The van der Waals surface area contributed by atoms with Crippen molar-refractivity contribution in [2.75, 3.05) is 11.4 Å². The molecule has 104 valence electrons. The first kappa shape index (κ1) is 12.9. The average Bonchev–Trinajstić information content (AvgIpc) is 2.92. The summed E-state index contributed by atoms with van der Waals surface area (Å²) in [6.07, 6.45) is 4.24. The quantitative estimate of drug-likeness (QED) is 0.901. The summed E-state index contributed by atoms with van der Waals surface area (Å²) in [4.78, 5) is 19.4. The van der Waals surface area contributed by atoms with Crippen LogP contribution in [0, 0.1) is 5.92 Å². The molecule has 1 unspecified atom stereocenters. The van der Waals surface area contributed by atoms with Crippen molar-refractivity contribution in [3.8, 4) is 0 Å². The molecule has 0 radical (unpaired) electrons. The van der Waals surface area contributed by atoms with E-state index in [9.17, 15) is 9.90 Å². The first-order valence-corrected chi connectivity index (χ1v) is 7.87. The molecule has 5 heteroatoms. The van der Waals surface area contributed by atoms with Gasteiger partial charge in [-0.1, -0.05) is 0 Å². The average molecular weight is 280 g/mol. The highest BCUT2D eigenvalue weighted by Gasteiger charge is 2.34. The van der Waals surface area contributed by atoms with E-state index < -0.39 is 5.97 Å². The van der Waals surface area contributed by atoms with Crippen molar-refractivity contribution in [3.05, 3.63) is 10.6 Å². The zero-order valence-corrected chi connectivity index (χ0v) is 12.2. The molecule has 0 spiro atoms. The number of anilines is 1. The topological polar surface area (TPSA) is 53.4 Å². The maximum absolute atomic E-state index is 11.2. The Hall–Kier alpha value is -1.10. The van der Waals surface area contributed by atoms with E-state index in [0.717, 1.165) is 29.7 Å². The van der Waals surface area contributed by atoms with Crippen LogP contribution >= 0.6 is 11.3 Å². The predicted octanol–water partition coefficient (Wildman–Crippen LogP) is 2.88. The largest absolute Gasteiger partial charge is 0.481 e. The van der Waals surface area contributed by atoms with Crippen LogP contribution in [0.2, 0.25) is 0 Å². The van der Waals surface area contributed by atoms with Crippen molar-refractivity contribution in [1.29, 1.82) is 0 Å². The third kappa shape index (κ3) is 2.48. The minimum Gasteiger partial charge on any atom is -0.481 e. The summed E-state index contributed by atoms with van der Waals surface area (Å²) in [6.45, 7) is 5.44. The van der Waals surface area contributed by atoms with Crippen molar-refractivity contribution in [3.63, 3.8) is 0 Å². The lowest BCUT2D eigenvalue weighted by molar-refractivity contribution is -0.138. The number of hydrogen-bond acceptors (Lipinski definition) is 4. The molecule has 2 aliphatic rings. The first-order chi connectivity index (χ1) is 9.06. The lowest BCUT2D eigenvalue weighted by Gasteiger charge is -2.26. The van der Waals surface area contributed by atoms with Crippen LogP contribution in [0.3, 0.4) is 0 Å². The molecule has 19 heavy (non-hydrogen) atoms. The van der Waals surface area contributed by atoms with Gasteiger partial charge in [0.15, 0.2) is 5.13 Å². The molecule has 0 saturated heterocycles. The van der Waals surface area contributed by atoms with Crippen molar-refractivity contribution in [2.24, 2.45) is 5.92 Å². The Morgan fingerprint density at radius 1 is 1.47 bits per heavy atom. The molecular weight excluding hydrogens is 260 g/mol. The van der Waals surface area contributed by atoms with Gasteiger partial charge in [-0.2, -0.15) is 0 Å². The summed E-state index contributed by atoms with van der Waals surface area (Å²) >= 11 is 1.70. The Bertz CT molecular complexity index is 494. The van der Waals surface area contributed by atoms with Crippen LogP contribution in [0.5, 0.6) is 0 Å². The molecule has 3 rings (SSSR count). The number of aryl methyl sites for hydroxylation is 1. The van der Waals surface area contributed by atoms with Crippen LogP contribution in [0.1, 0.15) is 49.6 Å². The number of hydrogen-bond donors (Lipinski definition) is 1. The number of carbonyl (C=O) groups is 1. The van der Waals surface area contributed by atoms with Gasteiger partial charge in [-0.05, 0) is 45.4 Å². The van der Waals surface area contributed by atoms with Gasteiger partial charge in [-0.3, -0.25) is 4.79 Å². The molecule has 4 nitrogen and oxygen atoms in total. The third-order valence-corrected chi connectivity index (χ3v) is 5.19. The fourth-order valence-electron chi connectivity index (χ4n) is 2.67. The number of fused-ring (bicyclic) bond motifs is 1. The van der Waals surface area contributed by atoms with E-state index in [2.05, 4.69) is 23.7 Å². The molecule has 1 N–H and O–H groups in total. The van der Waals surface area contributed by atoms with Crippen LogP contribution in [-0.4, -0.2) is 28.6 Å². The summed E-state index contributed by atoms with van der Waals surface area (Å²) < 4.78 is 0. The SMILES string of the molecule is CC(C)N(CC1CC1)c1nc2c(s1)CCC2C(=O)O. The monoisotopic (exact) mass is 280 g/mol. The van der Waals surface area contributed by atoms with E-state index in [1.165, 1.54) is 17.7 Å². The number of aromatic nitrogens is 1. The summed E-state index contributed by atoms with van der Waals surface area (Å²) in [5, 5.41) is 10.2. The van der Waals surface area contributed by atoms with Gasteiger partial charge in [0, 0.05) is 17.5 Å². The molecule has 1 aromatic rings. The van der Waals surface area contributed by atoms with Gasteiger partial charge in [0.05, 0.1) is 5.69 Å². The van der Waals surface area contributed by atoms with Gasteiger partial charge < -0.3 is 10.0 Å². The van der Waals surface area contributed by atoms with Crippen molar-refractivity contribution in [2.45, 2.75) is 51.5 Å². The molecule has 1 fully saturated rings. The van der Waals surface area contributed by atoms with Crippen molar-refractivity contribution < 1.29 is 9.90 Å². The Morgan fingerprint density at radius 3 is 2.79 bits per heavy atom. The Kier molecular flexibility index (Phi) is 3.25. The molecule has 1 atom stereocenters. The predicted molar refractivity (Wildman–Crippen MR) is 76.0 cm³/mol. The second kappa shape index (κ2) is 4.78. The normalized spacial score (nSPS) is 21.7. The number of carboxylic acid groups (broad SMARTS) is 1. The van der Waals surface area contributed by atoms with E-state index in [1.807, 2.05) is 0 Å². The van der Waals surface area contributed by atoms with Crippen LogP contribution in [0.25, 0.3) is 0 Å². The fourth-order valence-corrected chi connectivity index (χ4v) is 3.95. The van der Waals surface area contributed by atoms with Crippen LogP contribution in [0.15, 0.2) is 0 Å². The smallest absolute Gasteiger partial charge is 0.312 e. The molecule has 2 aliphatic carbocycles. The fraction of sp³-hybridized carbons (Fsp3) is 0.714. The van der Waals surface area contributed by atoms with Crippen molar-refractivity contribution in [1.82, 2.24) is 4.98 Å². The molecule has 1 heterocycles. The zero-order valence-electron chi connectivity index (χ0n) is 11.4. The second-order valence-corrected chi connectivity index (χ2v) is 6.99. The standard InChI is InChI=1S/C14H20N2O2S/c1-8(2)16(7-9-3-4-9)14-15-12-10(13(17)18)5-6-11(12)19-14/h8-10H,3-7H2,1-2H3,(H,17,18). The van der Waals surface area contributed by atoms with E-state index in [1.54, 1.807) is 11.3 Å². The number of carboxylic acids is 1. The number of rotatable bonds is 5.